The molecule has 0 aliphatic heterocycles. The lowest BCUT2D eigenvalue weighted by Gasteiger charge is -2.15. The molecule has 0 spiro atoms. The Morgan fingerprint density at radius 3 is 2.54 bits per heavy atom. The molecule has 0 amide bonds. The Hall–Kier alpha value is -2.74. The summed E-state index contributed by atoms with van der Waals surface area (Å²) >= 11 is 11.9. The Morgan fingerprint density at radius 2 is 1.82 bits per heavy atom. The maximum atomic E-state index is 14.4. The average molecular weight is 421 g/mol. The molecular weight excluding hydrogens is 409 g/mol. The van der Waals surface area contributed by atoms with Crippen LogP contribution >= 0.6 is 23.2 Å². The van der Waals surface area contributed by atoms with E-state index >= 15 is 0 Å². The molecule has 9 heteroatoms. The first-order valence-corrected chi connectivity index (χ1v) is 8.87. The molecule has 1 aromatic carbocycles. The summed E-state index contributed by atoms with van der Waals surface area (Å²) in [5, 5.41) is 14.5. The lowest BCUT2D eigenvalue weighted by molar-refractivity contribution is 0.202. The number of aromatic nitrogens is 3. The topological polar surface area (TPSA) is 62.5 Å². The Labute approximate surface area is 168 Å². The summed E-state index contributed by atoms with van der Waals surface area (Å²) < 4.78 is 29.3. The summed E-state index contributed by atoms with van der Waals surface area (Å²) in [4.78, 5) is 8.47. The van der Waals surface area contributed by atoms with Crippen molar-refractivity contribution >= 4 is 34.7 Å². The number of nitrogens with zero attached hydrogens (tertiary/aromatic N) is 3. The van der Waals surface area contributed by atoms with Crippen LogP contribution in [-0.4, -0.2) is 19.5 Å². The minimum Gasteiger partial charge on any atom is -0.368 e. The number of nitrogens with one attached hydrogen (secondary N) is 1. The van der Waals surface area contributed by atoms with E-state index in [0.29, 0.717) is 21.5 Å². The number of hydrogen-bond donors (Lipinski definition) is 2. The maximum absolute atomic E-state index is 14.4. The number of rotatable bonds is 4. The number of pyridine rings is 2. The molecule has 4 aromatic rings. The zero-order valence-electron chi connectivity index (χ0n) is 14.1. The summed E-state index contributed by atoms with van der Waals surface area (Å²) in [6.07, 6.45) is 1.65. The molecular formula is C19H12Cl2F2N4O. The van der Waals surface area contributed by atoms with Gasteiger partial charge < -0.3 is 10.4 Å². The summed E-state index contributed by atoms with van der Waals surface area (Å²) in [7, 11) is 0. The fourth-order valence-electron chi connectivity index (χ4n) is 2.85. The molecule has 1 unspecified atom stereocenters. The van der Waals surface area contributed by atoms with Crippen LogP contribution in [0, 0.1) is 11.6 Å². The van der Waals surface area contributed by atoms with Crippen molar-refractivity contribution in [3.63, 3.8) is 0 Å². The Balaban J connectivity index is 1.86. The Kier molecular flexibility index (Phi) is 4.89. The van der Waals surface area contributed by atoms with Gasteiger partial charge in [-0.15, -0.1) is 0 Å². The van der Waals surface area contributed by atoms with Crippen molar-refractivity contribution in [3.8, 4) is 11.3 Å². The second kappa shape index (κ2) is 7.35. The molecule has 0 fully saturated rings. The molecule has 1 atom stereocenters. The molecule has 0 aliphatic rings. The number of hydrogen-bond acceptors (Lipinski definition) is 4. The smallest absolute Gasteiger partial charge is 0.169 e. The highest BCUT2D eigenvalue weighted by atomic mass is 35.5. The van der Waals surface area contributed by atoms with Gasteiger partial charge in [-0.05, 0) is 36.4 Å². The highest BCUT2D eigenvalue weighted by molar-refractivity contribution is 6.30. The van der Waals surface area contributed by atoms with Crippen LogP contribution < -0.4 is 5.32 Å². The quantitative estimate of drug-likeness (QED) is 0.451. The van der Waals surface area contributed by atoms with E-state index in [-0.39, 0.29) is 17.0 Å². The molecule has 2 N–H and O–H groups in total. The van der Waals surface area contributed by atoms with E-state index in [0.717, 1.165) is 12.1 Å². The van der Waals surface area contributed by atoms with E-state index in [9.17, 15) is 13.9 Å². The van der Waals surface area contributed by atoms with E-state index in [4.69, 9.17) is 23.2 Å². The Bertz CT molecular complexity index is 1160. The van der Waals surface area contributed by atoms with Crippen molar-refractivity contribution in [2.75, 3.05) is 5.32 Å². The third kappa shape index (κ3) is 3.52. The normalized spacial score (nSPS) is 12.3. The first-order chi connectivity index (χ1) is 13.4. The van der Waals surface area contributed by atoms with Crippen molar-refractivity contribution in [1.29, 1.82) is 0 Å². The van der Waals surface area contributed by atoms with Crippen LogP contribution in [0.25, 0.3) is 16.9 Å². The molecule has 0 saturated heterocycles. The van der Waals surface area contributed by atoms with Crippen LogP contribution in [-0.2, 0) is 0 Å². The largest absolute Gasteiger partial charge is 0.368 e. The molecule has 142 valence electrons. The molecule has 3 aromatic heterocycles. The number of imidazole rings is 1. The molecule has 0 aliphatic carbocycles. The van der Waals surface area contributed by atoms with E-state index in [1.165, 1.54) is 16.7 Å². The number of benzene rings is 1. The van der Waals surface area contributed by atoms with Gasteiger partial charge in [0.15, 0.2) is 6.23 Å². The number of aliphatic hydroxyl groups excluding tert-OH is 1. The first-order valence-electron chi connectivity index (χ1n) is 8.11. The molecule has 4 rings (SSSR count). The predicted molar refractivity (Wildman–Crippen MR) is 103 cm³/mol. The number of fused-ring (bicyclic) bond motifs is 1. The maximum Gasteiger partial charge on any atom is 0.169 e. The van der Waals surface area contributed by atoms with Crippen LogP contribution in [0.15, 0.2) is 54.9 Å². The van der Waals surface area contributed by atoms with Gasteiger partial charge in [0.1, 0.15) is 28.8 Å². The molecule has 0 saturated carbocycles. The minimum atomic E-state index is -1.32. The van der Waals surface area contributed by atoms with Crippen LogP contribution in [0.1, 0.15) is 11.9 Å². The van der Waals surface area contributed by atoms with Gasteiger partial charge >= 0.3 is 0 Å². The van der Waals surface area contributed by atoms with Gasteiger partial charge in [0, 0.05) is 24.0 Å². The summed E-state index contributed by atoms with van der Waals surface area (Å²) in [6, 6.07) is 9.60. The molecule has 5 nitrogen and oxygen atoms in total. The zero-order valence-corrected chi connectivity index (χ0v) is 15.6. The van der Waals surface area contributed by atoms with E-state index in [1.807, 2.05) is 0 Å². The first kappa shape index (κ1) is 18.6. The minimum absolute atomic E-state index is 0.0427. The van der Waals surface area contributed by atoms with Gasteiger partial charge in [-0.3, -0.25) is 4.40 Å². The summed E-state index contributed by atoms with van der Waals surface area (Å²) in [5.41, 5.74) is 0.845. The zero-order chi connectivity index (χ0) is 19.8. The highest BCUT2D eigenvalue weighted by Crippen LogP contribution is 2.32. The lowest BCUT2D eigenvalue weighted by atomic mass is 10.1. The molecule has 0 radical (unpaired) electrons. The van der Waals surface area contributed by atoms with Crippen LogP contribution in [0.5, 0.6) is 0 Å². The van der Waals surface area contributed by atoms with E-state index in [1.54, 1.807) is 30.5 Å². The monoisotopic (exact) mass is 420 g/mol. The van der Waals surface area contributed by atoms with Crippen molar-refractivity contribution < 1.29 is 13.9 Å². The highest BCUT2D eigenvalue weighted by Gasteiger charge is 2.23. The van der Waals surface area contributed by atoms with Crippen molar-refractivity contribution in [2.45, 2.75) is 6.23 Å². The fourth-order valence-corrected chi connectivity index (χ4v) is 3.12. The third-order valence-electron chi connectivity index (χ3n) is 4.08. The lowest BCUT2D eigenvalue weighted by Crippen LogP contribution is -2.14. The molecule has 0 bridgehead atoms. The number of aliphatic hydroxyl groups is 1. The van der Waals surface area contributed by atoms with Gasteiger partial charge in [-0.25, -0.2) is 18.7 Å². The van der Waals surface area contributed by atoms with Gasteiger partial charge in [0.2, 0.25) is 0 Å². The van der Waals surface area contributed by atoms with E-state index < -0.39 is 17.9 Å². The third-order valence-corrected chi connectivity index (χ3v) is 4.52. The summed E-state index contributed by atoms with van der Waals surface area (Å²) in [6.45, 7) is 0. The predicted octanol–water partition coefficient (Wildman–Crippen LogP) is 5.08. The van der Waals surface area contributed by atoms with Crippen LogP contribution in [0.3, 0.4) is 0 Å². The van der Waals surface area contributed by atoms with Gasteiger partial charge in [0.25, 0.3) is 0 Å². The van der Waals surface area contributed by atoms with Crippen LogP contribution in [0.4, 0.5) is 14.6 Å². The van der Waals surface area contributed by atoms with Crippen LogP contribution in [0.2, 0.25) is 10.0 Å². The average Bonchev–Trinajstić information content (AvgIpc) is 3.02. The van der Waals surface area contributed by atoms with Gasteiger partial charge in [0.05, 0.1) is 15.7 Å². The number of halogens is 4. The molecule has 28 heavy (non-hydrogen) atoms. The standard InChI is InChI=1S/C19H12Cl2F2N4O/c20-10-1-5-15(24-8-10)25-19(28)18-17(13-4-3-12(22)7-14(13)23)26-16-6-2-11(21)9-27(16)18/h1-9,19,28H,(H,24,25). The summed E-state index contributed by atoms with van der Waals surface area (Å²) in [5.74, 6) is -1.16. The fraction of sp³-hybridized carbons (Fsp3) is 0.0526. The van der Waals surface area contributed by atoms with Gasteiger partial charge in [-0.2, -0.15) is 0 Å². The van der Waals surface area contributed by atoms with Crippen molar-refractivity contribution in [2.24, 2.45) is 0 Å². The second-order valence-electron chi connectivity index (χ2n) is 5.95. The van der Waals surface area contributed by atoms with Crippen molar-refractivity contribution in [1.82, 2.24) is 14.4 Å². The van der Waals surface area contributed by atoms with E-state index in [2.05, 4.69) is 15.3 Å². The number of anilines is 1. The Morgan fingerprint density at radius 1 is 1.04 bits per heavy atom. The second-order valence-corrected chi connectivity index (χ2v) is 6.83. The SMILES string of the molecule is OC(Nc1ccc(Cl)cn1)c1c(-c2ccc(F)cc2F)nc2ccc(Cl)cn12. The van der Waals surface area contributed by atoms with Gasteiger partial charge in [-0.1, -0.05) is 23.2 Å². The van der Waals surface area contributed by atoms with Crippen molar-refractivity contribution in [3.05, 3.63) is 82.2 Å². The molecule has 3 heterocycles.